The van der Waals surface area contributed by atoms with Crippen molar-refractivity contribution in [2.24, 2.45) is 0 Å². The van der Waals surface area contributed by atoms with E-state index in [1.807, 2.05) is 0 Å². The largest absolute Gasteiger partial charge is 0.385 e. The summed E-state index contributed by atoms with van der Waals surface area (Å²) in [5, 5.41) is 3.15. The SMILES string of the molecule is COCCCNC1CS(=O)(=O)C1. The van der Waals surface area contributed by atoms with Gasteiger partial charge in [0.05, 0.1) is 11.5 Å². The highest BCUT2D eigenvalue weighted by atomic mass is 32.2. The summed E-state index contributed by atoms with van der Waals surface area (Å²) in [7, 11) is -1.01. The van der Waals surface area contributed by atoms with Crippen molar-refractivity contribution in [2.45, 2.75) is 12.5 Å². The van der Waals surface area contributed by atoms with Gasteiger partial charge in [0, 0.05) is 19.8 Å². The minimum absolute atomic E-state index is 0.187. The minimum Gasteiger partial charge on any atom is -0.385 e. The summed E-state index contributed by atoms with van der Waals surface area (Å²) in [6, 6.07) is 0.187. The molecule has 0 spiro atoms. The fourth-order valence-electron chi connectivity index (χ4n) is 1.20. The van der Waals surface area contributed by atoms with Crippen LogP contribution in [-0.2, 0) is 14.6 Å². The maximum Gasteiger partial charge on any atom is 0.153 e. The molecular formula is C7H15NO3S. The van der Waals surface area contributed by atoms with Crippen molar-refractivity contribution >= 4 is 9.84 Å². The molecule has 1 fully saturated rings. The van der Waals surface area contributed by atoms with Crippen LogP contribution in [0, 0.1) is 0 Å². The van der Waals surface area contributed by atoms with Gasteiger partial charge >= 0.3 is 0 Å². The van der Waals surface area contributed by atoms with Gasteiger partial charge in [0.15, 0.2) is 9.84 Å². The monoisotopic (exact) mass is 193 g/mol. The third-order valence-electron chi connectivity index (χ3n) is 1.87. The molecule has 0 saturated carbocycles. The summed E-state index contributed by atoms with van der Waals surface area (Å²) in [5.74, 6) is 0.611. The Balaban J connectivity index is 1.97. The predicted octanol–water partition coefficient (Wildman–Crippen LogP) is -0.590. The van der Waals surface area contributed by atoms with Crippen molar-refractivity contribution < 1.29 is 13.2 Å². The number of methoxy groups -OCH3 is 1. The highest BCUT2D eigenvalue weighted by molar-refractivity contribution is 7.92. The molecule has 12 heavy (non-hydrogen) atoms. The summed E-state index contributed by atoms with van der Waals surface area (Å²) < 4.78 is 26.3. The van der Waals surface area contributed by atoms with E-state index < -0.39 is 9.84 Å². The summed E-state index contributed by atoms with van der Waals surface area (Å²) >= 11 is 0. The summed E-state index contributed by atoms with van der Waals surface area (Å²) in [5.41, 5.74) is 0. The Morgan fingerprint density at radius 3 is 2.67 bits per heavy atom. The van der Waals surface area contributed by atoms with E-state index in [0.717, 1.165) is 19.6 Å². The molecule has 4 nitrogen and oxygen atoms in total. The Bertz CT molecular complexity index is 213. The van der Waals surface area contributed by atoms with Crippen LogP contribution in [-0.4, -0.2) is 46.2 Å². The van der Waals surface area contributed by atoms with Gasteiger partial charge in [-0.15, -0.1) is 0 Å². The van der Waals surface area contributed by atoms with E-state index in [4.69, 9.17) is 4.74 Å². The maximum absolute atomic E-state index is 10.7. The highest BCUT2D eigenvalue weighted by Crippen LogP contribution is 2.09. The van der Waals surface area contributed by atoms with Crippen LogP contribution in [0.5, 0.6) is 0 Å². The zero-order chi connectivity index (χ0) is 9.03. The Morgan fingerprint density at radius 2 is 2.17 bits per heavy atom. The smallest absolute Gasteiger partial charge is 0.153 e. The zero-order valence-corrected chi connectivity index (χ0v) is 8.06. The number of rotatable bonds is 5. The van der Waals surface area contributed by atoms with E-state index in [9.17, 15) is 8.42 Å². The van der Waals surface area contributed by atoms with E-state index in [2.05, 4.69) is 5.32 Å². The lowest BCUT2D eigenvalue weighted by Crippen LogP contribution is -2.51. The van der Waals surface area contributed by atoms with Crippen LogP contribution in [0.1, 0.15) is 6.42 Å². The molecule has 0 aromatic rings. The molecule has 0 aromatic carbocycles. The van der Waals surface area contributed by atoms with Gasteiger partial charge in [-0.3, -0.25) is 0 Å². The number of nitrogens with one attached hydrogen (secondary N) is 1. The van der Waals surface area contributed by atoms with Gasteiger partial charge in [0.1, 0.15) is 0 Å². The summed E-state index contributed by atoms with van der Waals surface area (Å²) in [6.07, 6.45) is 0.938. The van der Waals surface area contributed by atoms with Gasteiger partial charge < -0.3 is 10.1 Å². The average molecular weight is 193 g/mol. The molecule has 0 aromatic heterocycles. The number of ether oxygens (including phenoxy) is 1. The molecule has 1 aliphatic rings. The van der Waals surface area contributed by atoms with Crippen molar-refractivity contribution in [3.63, 3.8) is 0 Å². The molecule has 0 unspecified atom stereocenters. The Labute approximate surface area is 73.2 Å². The van der Waals surface area contributed by atoms with Crippen molar-refractivity contribution in [2.75, 3.05) is 31.8 Å². The van der Waals surface area contributed by atoms with Crippen LogP contribution < -0.4 is 5.32 Å². The molecule has 0 aliphatic carbocycles. The molecule has 1 heterocycles. The molecule has 0 atom stereocenters. The normalized spacial score (nSPS) is 22.1. The second-order valence-corrected chi connectivity index (χ2v) is 5.23. The third kappa shape index (κ3) is 3.08. The van der Waals surface area contributed by atoms with Crippen LogP contribution in [0.4, 0.5) is 0 Å². The second kappa shape index (κ2) is 4.20. The third-order valence-corrected chi connectivity index (χ3v) is 3.69. The van der Waals surface area contributed by atoms with Crippen LogP contribution in [0.3, 0.4) is 0 Å². The Morgan fingerprint density at radius 1 is 1.50 bits per heavy atom. The van der Waals surface area contributed by atoms with Crippen molar-refractivity contribution in [3.05, 3.63) is 0 Å². The molecule has 0 bridgehead atoms. The van der Waals surface area contributed by atoms with Crippen molar-refractivity contribution in [1.82, 2.24) is 5.32 Å². The maximum atomic E-state index is 10.7. The molecular weight excluding hydrogens is 178 g/mol. The first-order valence-electron chi connectivity index (χ1n) is 4.07. The van der Waals surface area contributed by atoms with E-state index >= 15 is 0 Å². The first-order valence-corrected chi connectivity index (χ1v) is 5.89. The molecule has 1 rings (SSSR count). The topological polar surface area (TPSA) is 55.4 Å². The van der Waals surface area contributed by atoms with Crippen LogP contribution in [0.2, 0.25) is 0 Å². The van der Waals surface area contributed by atoms with Gasteiger partial charge in [-0.05, 0) is 13.0 Å². The number of hydrogen-bond donors (Lipinski definition) is 1. The molecule has 72 valence electrons. The fraction of sp³-hybridized carbons (Fsp3) is 1.00. The van der Waals surface area contributed by atoms with Gasteiger partial charge in [-0.25, -0.2) is 8.42 Å². The van der Waals surface area contributed by atoms with E-state index in [1.54, 1.807) is 7.11 Å². The minimum atomic E-state index is -2.67. The fourth-order valence-corrected chi connectivity index (χ4v) is 2.57. The van der Waals surface area contributed by atoms with Gasteiger partial charge in [0.2, 0.25) is 0 Å². The Hall–Kier alpha value is -0.130. The molecule has 0 radical (unpaired) electrons. The van der Waals surface area contributed by atoms with E-state index in [-0.39, 0.29) is 6.04 Å². The lowest BCUT2D eigenvalue weighted by Gasteiger charge is -2.26. The predicted molar refractivity (Wildman–Crippen MR) is 46.9 cm³/mol. The molecule has 1 aliphatic heterocycles. The molecule has 1 N–H and O–H groups in total. The highest BCUT2D eigenvalue weighted by Gasteiger charge is 2.32. The second-order valence-electron chi connectivity index (χ2n) is 3.07. The lowest BCUT2D eigenvalue weighted by atomic mass is 10.3. The summed E-state index contributed by atoms with van der Waals surface area (Å²) in [4.78, 5) is 0. The molecule has 5 heteroatoms. The van der Waals surface area contributed by atoms with Crippen molar-refractivity contribution in [1.29, 1.82) is 0 Å². The standard InChI is InChI=1S/C7H15NO3S/c1-11-4-2-3-8-7-5-12(9,10)6-7/h7-8H,2-6H2,1H3. The van der Waals surface area contributed by atoms with E-state index in [1.165, 1.54) is 0 Å². The van der Waals surface area contributed by atoms with Gasteiger partial charge in [-0.1, -0.05) is 0 Å². The number of sulfone groups is 1. The lowest BCUT2D eigenvalue weighted by molar-refractivity contribution is 0.193. The average Bonchev–Trinajstić information content (AvgIpc) is 1.94. The van der Waals surface area contributed by atoms with Crippen molar-refractivity contribution in [3.8, 4) is 0 Å². The Kier molecular flexibility index (Phi) is 3.49. The van der Waals surface area contributed by atoms with Crippen LogP contribution >= 0.6 is 0 Å². The summed E-state index contributed by atoms with van der Waals surface area (Å²) in [6.45, 7) is 1.57. The quantitative estimate of drug-likeness (QED) is 0.593. The molecule has 0 amide bonds. The zero-order valence-electron chi connectivity index (χ0n) is 7.25. The van der Waals surface area contributed by atoms with Crippen LogP contribution in [0.25, 0.3) is 0 Å². The van der Waals surface area contributed by atoms with Crippen LogP contribution in [0.15, 0.2) is 0 Å². The number of hydrogen-bond acceptors (Lipinski definition) is 4. The van der Waals surface area contributed by atoms with E-state index in [0.29, 0.717) is 11.5 Å². The first-order chi connectivity index (χ1) is 5.64. The van der Waals surface area contributed by atoms with Gasteiger partial charge in [0.25, 0.3) is 0 Å². The molecule has 1 saturated heterocycles. The van der Waals surface area contributed by atoms with Gasteiger partial charge in [-0.2, -0.15) is 0 Å². The first kappa shape index (κ1) is 9.95.